The van der Waals surface area contributed by atoms with Gasteiger partial charge in [0.25, 0.3) is 0 Å². The zero-order chi connectivity index (χ0) is 13.2. The fraction of sp³-hybridized carbons (Fsp3) is 0.625. The molecule has 0 spiro atoms. The third kappa shape index (κ3) is 3.35. The summed E-state index contributed by atoms with van der Waals surface area (Å²) >= 11 is 0. The van der Waals surface area contributed by atoms with Crippen LogP contribution in [0.25, 0.3) is 0 Å². The van der Waals surface area contributed by atoms with Crippen LogP contribution in [0, 0.1) is 0 Å². The maximum absolute atomic E-state index is 5.94. The van der Waals surface area contributed by atoms with Crippen LogP contribution < -0.4 is 5.73 Å². The van der Waals surface area contributed by atoms with Gasteiger partial charge in [0.1, 0.15) is 0 Å². The van der Waals surface area contributed by atoms with Crippen molar-refractivity contribution in [3.8, 4) is 0 Å². The zero-order valence-corrected chi connectivity index (χ0v) is 11.7. The number of benzene rings is 1. The van der Waals surface area contributed by atoms with E-state index in [1.165, 1.54) is 24.0 Å². The number of ether oxygens (including phenoxy) is 1. The van der Waals surface area contributed by atoms with Crippen molar-refractivity contribution in [2.75, 3.05) is 19.7 Å². The van der Waals surface area contributed by atoms with Crippen LogP contribution in [0.4, 0.5) is 0 Å². The molecule has 0 radical (unpaired) electrons. The van der Waals surface area contributed by atoms with Crippen LogP contribution in [0.1, 0.15) is 36.8 Å². The Morgan fingerprint density at radius 1 is 1.42 bits per heavy atom. The quantitative estimate of drug-likeness (QED) is 0.901. The number of hydrogen-bond acceptors (Lipinski definition) is 3. The van der Waals surface area contributed by atoms with Gasteiger partial charge in [-0.1, -0.05) is 24.3 Å². The first-order valence-corrected chi connectivity index (χ1v) is 7.41. The molecule has 3 heteroatoms. The normalized spacial score (nSPS) is 26.3. The predicted molar refractivity (Wildman–Crippen MR) is 77.1 cm³/mol. The van der Waals surface area contributed by atoms with Crippen LogP contribution in [-0.4, -0.2) is 36.7 Å². The van der Waals surface area contributed by atoms with Crippen LogP contribution in [0.3, 0.4) is 0 Å². The van der Waals surface area contributed by atoms with Crippen molar-refractivity contribution >= 4 is 0 Å². The molecule has 0 amide bonds. The Bertz CT molecular complexity index is 429. The van der Waals surface area contributed by atoms with E-state index in [2.05, 4.69) is 29.2 Å². The van der Waals surface area contributed by atoms with Crippen LogP contribution in [0.2, 0.25) is 0 Å². The van der Waals surface area contributed by atoms with E-state index in [9.17, 15) is 0 Å². The predicted octanol–water partition coefficient (Wildman–Crippen LogP) is 2.11. The van der Waals surface area contributed by atoms with Crippen molar-refractivity contribution in [2.24, 2.45) is 5.73 Å². The van der Waals surface area contributed by atoms with Gasteiger partial charge in [0, 0.05) is 25.7 Å². The second-order valence-electron chi connectivity index (χ2n) is 6.02. The minimum atomic E-state index is 0.112. The van der Waals surface area contributed by atoms with E-state index in [4.69, 9.17) is 10.5 Å². The van der Waals surface area contributed by atoms with Crippen LogP contribution >= 0.6 is 0 Å². The SMILES string of the molecule is CC(N)C1CN(Cc2cccc(C3CC3)c2)CCO1. The lowest BCUT2D eigenvalue weighted by Crippen LogP contribution is -2.49. The van der Waals surface area contributed by atoms with E-state index in [-0.39, 0.29) is 12.1 Å². The smallest absolute Gasteiger partial charge is 0.0850 e. The highest BCUT2D eigenvalue weighted by atomic mass is 16.5. The molecule has 2 N–H and O–H groups in total. The molecule has 1 aliphatic heterocycles. The van der Waals surface area contributed by atoms with Gasteiger partial charge in [0.15, 0.2) is 0 Å². The van der Waals surface area contributed by atoms with E-state index >= 15 is 0 Å². The average molecular weight is 260 g/mol. The lowest BCUT2D eigenvalue weighted by Gasteiger charge is -2.34. The van der Waals surface area contributed by atoms with Crippen LogP contribution in [-0.2, 0) is 11.3 Å². The molecule has 1 saturated carbocycles. The maximum atomic E-state index is 5.94. The highest BCUT2D eigenvalue weighted by Gasteiger charge is 2.25. The Balaban J connectivity index is 1.62. The Hall–Kier alpha value is -0.900. The van der Waals surface area contributed by atoms with Crippen LogP contribution in [0.5, 0.6) is 0 Å². The summed E-state index contributed by atoms with van der Waals surface area (Å²) in [7, 11) is 0. The molecule has 2 aliphatic rings. The fourth-order valence-corrected chi connectivity index (χ4v) is 2.81. The van der Waals surface area contributed by atoms with E-state index in [0.717, 1.165) is 32.2 Å². The summed E-state index contributed by atoms with van der Waals surface area (Å²) in [6.45, 7) is 5.81. The van der Waals surface area contributed by atoms with Gasteiger partial charge in [-0.05, 0) is 36.8 Å². The molecule has 1 saturated heterocycles. The van der Waals surface area contributed by atoms with Crippen molar-refractivity contribution < 1.29 is 4.74 Å². The molecule has 104 valence electrons. The number of morpholine rings is 1. The number of nitrogens with two attached hydrogens (primary N) is 1. The fourth-order valence-electron chi connectivity index (χ4n) is 2.81. The van der Waals surface area contributed by atoms with Gasteiger partial charge in [-0.15, -0.1) is 0 Å². The van der Waals surface area contributed by atoms with E-state index < -0.39 is 0 Å². The number of rotatable bonds is 4. The minimum Gasteiger partial charge on any atom is -0.374 e. The molecule has 1 heterocycles. The summed E-state index contributed by atoms with van der Waals surface area (Å²) in [4.78, 5) is 2.46. The third-order valence-corrected chi connectivity index (χ3v) is 4.17. The summed E-state index contributed by atoms with van der Waals surface area (Å²) in [5.74, 6) is 0.835. The highest BCUT2D eigenvalue weighted by molar-refractivity contribution is 5.29. The molecule has 1 aromatic carbocycles. The average Bonchev–Trinajstić information content (AvgIpc) is 3.23. The molecular formula is C16H24N2O. The van der Waals surface area contributed by atoms with Crippen molar-refractivity contribution in [2.45, 2.75) is 44.4 Å². The van der Waals surface area contributed by atoms with Gasteiger partial charge in [0.2, 0.25) is 0 Å². The molecule has 19 heavy (non-hydrogen) atoms. The van der Waals surface area contributed by atoms with E-state index in [1.807, 2.05) is 6.92 Å². The van der Waals surface area contributed by atoms with Crippen molar-refractivity contribution in [3.63, 3.8) is 0 Å². The monoisotopic (exact) mass is 260 g/mol. The highest BCUT2D eigenvalue weighted by Crippen LogP contribution is 2.40. The largest absolute Gasteiger partial charge is 0.374 e. The number of nitrogens with zero attached hydrogens (tertiary/aromatic N) is 1. The Morgan fingerprint density at radius 2 is 2.26 bits per heavy atom. The Morgan fingerprint density at radius 3 is 3.00 bits per heavy atom. The van der Waals surface area contributed by atoms with Gasteiger partial charge < -0.3 is 10.5 Å². The summed E-state index contributed by atoms with van der Waals surface area (Å²) in [6, 6.07) is 9.20. The van der Waals surface area contributed by atoms with Gasteiger partial charge in [-0.25, -0.2) is 0 Å². The third-order valence-electron chi connectivity index (χ3n) is 4.17. The Labute approximate surface area is 115 Å². The molecule has 0 aromatic heterocycles. The van der Waals surface area contributed by atoms with Gasteiger partial charge >= 0.3 is 0 Å². The summed E-state index contributed by atoms with van der Waals surface area (Å²) in [6.07, 6.45) is 2.92. The first-order valence-electron chi connectivity index (χ1n) is 7.41. The van der Waals surface area contributed by atoms with E-state index in [0.29, 0.717) is 0 Å². The minimum absolute atomic E-state index is 0.112. The van der Waals surface area contributed by atoms with Gasteiger partial charge in [0.05, 0.1) is 12.7 Å². The second kappa shape index (κ2) is 5.61. The Kier molecular flexibility index (Phi) is 3.87. The molecule has 2 atom stereocenters. The zero-order valence-electron chi connectivity index (χ0n) is 11.7. The standard InChI is InChI=1S/C16H24N2O/c1-12(17)16-11-18(7-8-19-16)10-13-3-2-4-15(9-13)14-5-6-14/h2-4,9,12,14,16H,5-8,10-11,17H2,1H3. The van der Waals surface area contributed by atoms with Crippen molar-refractivity contribution in [1.82, 2.24) is 4.90 Å². The molecule has 2 unspecified atom stereocenters. The summed E-state index contributed by atoms with van der Waals surface area (Å²) in [5.41, 5.74) is 8.89. The number of hydrogen-bond donors (Lipinski definition) is 1. The lowest BCUT2D eigenvalue weighted by molar-refractivity contribution is -0.0403. The molecule has 1 aliphatic carbocycles. The molecule has 0 bridgehead atoms. The molecule has 2 fully saturated rings. The summed E-state index contributed by atoms with van der Waals surface area (Å²) in [5, 5.41) is 0. The van der Waals surface area contributed by atoms with Gasteiger partial charge in [-0.2, -0.15) is 0 Å². The topological polar surface area (TPSA) is 38.5 Å². The van der Waals surface area contributed by atoms with Crippen molar-refractivity contribution in [3.05, 3.63) is 35.4 Å². The summed E-state index contributed by atoms with van der Waals surface area (Å²) < 4.78 is 5.71. The maximum Gasteiger partial charge on any atom is 0.0850 e. The molecular weight excluding hydrogens is 236 g/mol. The molecule has 3 nitrogen and oxygen atoms in total. The molecule has 3 rings (SSSR count). The first kappa shape index (κ1) is 13.1. The van der Waals surface area contributed by atoms with Crippen LogP contribution in [0.15, 0.2) is 24.3 Å². The molecule has 1 aromatic rings. The first-order chi connectivity index (χ1) is 9.22. The lowest BCUT2D eigenvalue weighted by atomic mass is 10.1. The van der Waals surface area contributed by atoms with Gasteiger partial charge in [-0.3, -0.25) is 4.90 Å². The second-order valence-corrected chi connectivity index (χ2v) is 6.02. The van der Waals surface area contributed by atoms with E-state index in [1.54, 1.807) is 0 Å². The van der Waals surface area contributed by atoms with Crippen molar-refractivity contribution in [1.29, 1.82) is 0 Å².